The number of rotatable bonds is 3. The molecule has 0 aliphatic heterocycles. The number of aromatic amines is 1. The van der Waals surface area contributed by atoms with E-state index < -0.39 is 28.9 Å². The summed E-state index contributed by atoms with van der Waals surface area (Å²) >= 11 is 0. The molecule has 0 saturated heterocycles. The summed E-state index contributed by atoms with van der Waals surface area (Å²) in [6.45, 7) is 0. The molecule has 3 rings (SSSR count). The Labute approximate surface area is 146 Å². The van der Waals surface area contributed by atoms with Crippen molar-refractivity contribution in [2.24, 2.45) is 0 Å². The van der Waals surface area contributed by atoms with E-state index in [0.717, 1.165) is 56.9 Å². The summed E-state index contributed by atoms with van der Waals surface area (Å²) in [6, 6.07) is 2.00. The fourth-order valence-electron chi connectivity index (χ4n) is 3.10. The van der Waals surface area contributed by atoms with Crippen molar-refractivity contribution >= 4 is 5.91 Å². The first-order valence-electron chi connectivity index (χ1n) is 8.38. The standard InChI is InChI=1S/C16H18F3N5O2/c17-16(18,19)14-11(15(26)21-10-5-3-1-2-4-6-10)9-20-24(14)12-7-8-13(25)23-22-12/h7-10H,1-6H2,(H,21,26)(H,23,25). The third-order valence-corrected chi connectivity index (χ3v) is 4.35. The van der Waals surface area contributed by atoms with Gasteiger partial charge in [-0.05, 0) is 18.9 Å². The van der Waals surface area contributed by atoms with E-state index in [0.29, 0.717) is 4.68 Å². The average molecular weight is 369 g/mol. The molecule has 0 unspecified atom stereocenters. The highest BCUT2D eigenvalue weighted by Gasteiger charge is 2.41. The van der Waals surface area contributed by atoms with Crippen molar-refractivity contribution in [3.8, 4) is 5.82 Å². The predicted octanol–water partition coefficient (Wildman–Crippen LogP) is 2.43. The maximum absolute atomic E-state index is 13.6. The lowest BCUT2D eigenvalue weighted by molar-refractivity contribution is -0.143. The summed E-state index contributed by atoms with van der Waals surface area (Å²) in [6.07, 6.45) is 1.58. The lowest BCUT2D eigenvalue weighted by Gasteiger charge is -2.17. The number of hydrogen-bond acceptors (Lipinski definition) is 4. The zero-order valence-electron chi connectivity index (χ0n) is 13.8. The molecule has 2 N–H and O–H groups in total. The van der Waals surface area contributed by atoms with Crippen LogP contribution in [0.15, 0.2) is 23.1 Å². The molecule has 140 valence electrons. The molecule has 0 radical (unpaired) electrons. The van der Waals surface area contributed by atoms with Gasteiger partial charge in [-0.25, -0.2) is 9.78 Å². The number of nitrogens with one attached hydrogen (secondary N) is 2. The van der Waals surface area contributed by atoms with Gasteiger partial charge in [0.05, 0.1) is 11.8 Å². The summed E-state index contributed by atoms with van der Waals surface area (Å²) in [5, 5.41) is 12.0. The van der Waals surface area contributed by atoms with Crippen LogP contribution in [0.2, 0.25) is 0 Å². The van der Waals surface area contributed by atoms with Crippen LogP contribution in [0, 0.1) is 0 Å². The zero-order valence-corrected chi connectivity index (χ0v) is 13.8. The monoisotopic (exact) mass is 369 g/mol. The van der Waals surface area contributed by atoms with E-state index >= 15 is 0 Å². The topological polar surface area (TPSA) is 92.7 Å². The van der Waals surface area contributed by atoms with E-state index in [9.17, 15) is 22.8 Å². The fraction of sp³-hybridized carbons (Fsp3) is 0.500. The second-order valence-electron chi connectivity index (χ2n) is 6.26. The number of halogens is 3. The lowest BCUT2D eigenvalue weighted by Crippen LogP contribution is -2.35. The number of nitrogens with zero attached hydrogens (tertiary/aromatic N) is 3. The molecule has 10 heteroatoms. The van der Waals surface area contributed by atoms with E-state index in [1.165, 1.54) is 0 Å². The Kier molecular flexibility index (Phi) is 5.10. The minimum absolute atomic E-state index is 0.138. The molecule has 0 bridgehead atoms. The first kappa shape index (κ1) is 18.2. The molecule has 1 amide bonds. The quantitative estimate of drug-likeness (QED) is 0.813. The molecule has 0 atom stereocenters. The summed E-state index contributed by atoms with van der Waals surface area (Å²) in [5.74, 6) is -1.04. The van der Waals surface area contributed by atoms with Gasteiger partial charge >= 0.3 is 6.18 Å². The minimum Gasteiger partial charge on any atom is -0.349 e. The van der Waals surface area contributed by atoms with Crippen molar-refractivity contribution in [2.45, 2.75) is 50.7 Å². The molecule has 1 aliphatic rings. The Morgan fingerprint density at radius 1 is 1.19 bits per heavy atom. The van der Waals surface area contributed by atoms with Crippen molar-refractivity contribution in [2.75, 3.05) is 0 Å². The van der Waals surface area contributed by atoms with Gasteiger partial charge in [0.15, 0.2) is 11.5 Å². The van der Waals surface area contributed by atoms with E-state index in [4.69, 9.17) is 0 Å². The van der Waals surface area contributed by atoms with Crippen LogP contribution < -0.4 is 10.9 Å². The van der Waals surface area contributed by atoms with Crippen molar-refractivity contribution in [3.05, 3.63) is 39.9 Å². The molecule has 2 heterocycles. The summed E-state index contributed by atoms with van der Waals surface area (Å²) < 4.78 is 41.2. The zero-order chi connectivity index (χ0) is 18.7. The van der Waals surface area contributed by atoms with Gasteiger partial charge in [-0.1, -0.05) is 25.7 Å². The van der Waals surface area contributed by atoms with Crippen LogP contribution in [0.25, 0.3) is 5.82 Å². The molecule has 1 aliphatic carbocycles. The van der Waals surface area contributed by atoms with Gasteiger partial charge in [-0.15, -0.1) is 0 Å². The van der Waals surface area contributed by atoms with E-state index in [2.05, 4.69) is 20.6 Å². The van der Waals surface area contributed by atoms with Crippen molar-refractivity contribution in [1.29, 1.82) is 0 Å². The number of carbonyl (C=O) groups excluding carboxylic acids is 1. The molecule has 1 saturated carbocycles. The van der Waals surface area contributed by atoms with Crippen molar-refractivity contribution in [3.63, 3.8) is 0 Å². The Bertz CT molecular complexity index is 815. The summed E-state index contributed by atoms with van der Waals surface area (Å²) in [5.41, 5.74) is -2.33. The minimum atomic E-state index is -4.82. The predicted molar refractivity (Wildman–Crippen MR) is 85.9 cm³/mol. The van der Waals surface area contributed by atoms with Crippen molar-refractivity contribution in [1.82, 2.24) is 25.3 Å². The highest BCUT2D eigenvalue weighted by atomic mass is 19.4. The third kappa shape index (κ3) is 3.94. The summed E-state index contributed by atoms with van der Waals surface area (Å²) in [4.78, 5) is 23.5. The van der Waals surface area contributed by atoms with E-state index in [-0.39, 0.29) is 11.9 Å². The van der Waals surface area contributed by atoms with Gasteiger partial charge in [0, 0.05) is 12.1 Å². The molecule has 0 aromatic carbocycles. The largest absolute Gasteiger partial charge is 0.434 e. The molecule has 2 aromatic rings. The van der Waals surface area contributed by atoms with Crippen LogP contribution in [-0.2, 0) is 6.18 Å². The van der Waals surface area contributed by atoms with Gasteiger partial charge in [-0.3, -0.25) is 9.59 Å². The highest BCUT2D eigenvalue weighted by Crippen LogP contribution is 2.33. The Morgan fingerprint density at radius 3 is 2.46 bits per heavy atom. The Balaban J connectivity index is 1.92. The molecule has 1 fully saturated rings. The smallest absolute Gasteiger partial charge is 0.349 e. The van der Waals surface area contributed by atoms with Gasteiger partial charge < -0.3 is 5.32 Å². The maximum atomic E-state index is 13.6. The van der Waals surface area contributed by atoms with Crippen LogP contribution in [0.4, 0.5) is 13.2 Å². The first-order valence-corrected chi connectivity index (χ1v) is 8.38. The molecular formula is C16H18F3N5O2. The van der Waals surface area contributed by atoms with E-state index in [1.807, 2.05) is 0 Å². The maximum Gasteiger partial charge on any atom is 0.434 e. The molecule has 0 spiro atoms. The van der Waals surface area contributed by atoms with Crippen LogP contribution in [0.1, 0.15) is 54.6 Å². The number of H-pyrrole nitrogens is 1. The van der Waals surface area contributed by atoms with Gasteiger partial charge in [0.2, 0.25) is 0 Å². The van der Waals surface area contributed by atoms with E-state index in [1.54, 1.807) is 0 Å². The molecular weight excluding hydrogens is 351 g/mol. The van der Waals surface area contributed by atoms with Crippen LogP contribution in [0.5, 0.6) is 0 Å². The second kappa shape index (κ2) is 7.30. The number of carbonyl (C=O) groups is 1. The Morgan fingerprint density at radius 2 is 1.88 bits per heavy atom. The number of hydrogen-bond donors (Lipinski definition) is 2. The average Bonchev–Trinajstić information content (AvgIpc) is 2.89. The van der Waals surface area contributed by atoms with Crippen LogP contribution >= 0.6 is 0 Å². The molecule has 2 aromatic heterocycles. The number of aromatic nitrogens is 4. The number of alkyl halides is 3. The fourth-order valence-corrected chi connectivity index (χ4v) is 3.10. The lowest BCUT2D eigenvalue weighted by atomic mass is 10.1. The SMILES string of the molecule is O=C(NC1CCCCCC1)c1cnn(-c2ccc(=O)[nH]n2)c1C(F)(F)F. The highest BCUT2D eigenvalue weighted by molar-refractivity contribution is 5.95. The number of amides is 1. The van der Waals surface area contributed by atoms with Gasteiger partial charge in [-0.2, -0.15) is 23.4 Å². The van der Waals surface area contributed by atoms with Crippen LogP contribution in [0.3, 0.4) is 0 Å². The third-order valence-electron chi connectivity index (χ3n) is 4.35. The van der Waals surface area contributed by atoms with Gasteiger partial charge in [0.25, 0.3) is 11.5 Å². The second-order valence-corrected chi connectivity index (χ2v) is 6.26. The molecule has 7 nitrogen and oxygen atoms in total. The normalized spacial score (nSPS) is 16.3. The van der Waals surface area contributed by atoms with Crippen LogP contribution in [-0.4, -0.2) is 31.9 Å². The summed E-state index contributed by atoms with van der Waals surface area (Å²) in [7, 11) is 0. The first-order chi connectivity index (χ1) is 12.4. The molecule has 26 heavy (non-hydrogen) atoms. The Hall–Kier alpha value is -2.65. The van der Waals surface area contributed by atoms with Crippen molar-refractivity contribution < 1.29 is 18.0 Å². The van der Waals surface area contributed by atoms with Gasteiger partial charge in [0.1, 0.15) is 0 Å².